The van der Waals surface area contributed by atoms with E-state index in [4.69, 9.17) is 0 Å². The summed E-state index contributed by atoms with van der Waals surface area (Å²) in [6, 6.07) is 0. The molecule has 2 rings (SSSR count). The van der Waals surface area contributed by atoms with Crippen LogP contribution in [0.4, 0.5) is 0 Å². The quantitative estimate of drug-likeness (QED) is 0.429. The molecule has 7 heavy (non-hydrogen) atoms. The molecule has 2 fully saturated rings. The topological polar surface area (TPSA) is 16.6 Å². The third-order valence-electron chi connectivity index (χ3n) is 2.41. The molecule has 0 bridgehead atoms. The van der Waals surface area contributed by atoms with Gasteiger partial charge in [0, 0.05) is 11.8 Å². The summed E-state index contributed by atoms with van der Waals surface area (Å²) >= 11 is 0. The van der Waals surface area contributed by atoms with E-state index in [1.54, 1.807) is 0 Å². The molecule has 0 unspecified atom stereocenters. The molecule has 0 aromatic heterocycles. The van der Waals surface area contributed by atoms with Crippen LogP contribution in [0.5, 0.6) is 0 Å². The SMILES string of the molecule is C1CC2(CC2)C[NH2+]1. The van der Waals surface area contributed by atoms with Crippen LogP contribution in [0.15, 0.2) is 0 Å². The van der Waals surface area contributed by atoms with Crippen molar-refractivity contribution >= 4 is 0 Å². The van der Waals surface area contributed by atoms with E-state index in [9.17, 15) is 0 Å². The molecule has 1 saturated heterocycles. The van der Waals surface area contributed by atoms with Gasteiger partial charge in [-0.15, -0.1) is 0 Å². The number of nitrogens with two attached hydrogens (primary N) is 1. The third kappa shape index (κ3) is 0.480. The van der Waals surface area contributed by atoms with E-state index >= 15 is 0 Å². The summed E-state index contributed by atoms with van der Waals surface area (Å²) in [5.41, 5.74) is 0.889. The second kappa shape index (κ2) is 1.03. The van der Waals surface area contributed by atoms with Crippen molar-refractivity contribution in [3.63, 3.8) is 0 Å². The number of hydrogen-bond donors (Lipinski definition) is 1. The Bertz CT molecular complexity index is 76.2. The lowest BCUT2D eigenvalue weighted by molar-refractivity contribution is -0.639. The van der Waals surface area contributed by atoms with Gasteiger partial charge in [-0.1, -0.05) is 0 Å². The van der Waals surface area contributed by atoms with Gasteiger partial charge in [0.25, 0.3) is 0 Å². The van der Waals surface area contributed by atoms with Crippen molar-refractivity contribution in [1.29, 1.82) is 0 Å². The summed E-state index contributed by atoms with van der Waals surface area (Å²) in [6.45, 7) is 2.84. The maximum atomic E-state index is 2.45. The molecular weight excluding hydrogens is 86.1 g/mol. The molecule has 40 valence electrons. The second-order valence-corrected chi connectivity index (χ2v) is 3.03. The minimum Gasteiger partial charge on any atom is -0.346 e. The fourth-order valence-electron chi connectivity index (χ4n) is 1.55. The predicted molar refractivity (Wildman–Crippen MR) is 27.9 cm³/mol. The Balaban J connectivity index is 2.07. The molecule has 2 N–H and O–H groups in total. The van der Waals surface area contributed by atoms with Gasteiger partial charge in [-0.05, 0) is 12.8 Å². The molecule has 0 aromatic rings. The first-order chi connectivity index (χ1) is 3.41. The van der Waals surface area contributed by atoms with E-state index in [1.807, 2.05) is 0 Å². The molecule has 0 radical (unpaired) electrons. The lowest BCUT2D eigenvalue weighted by Gasteiger charge is -1.92. The average molecular weight is 98.2 g/mol. The molecule has 0 aromatic carbocycles. The predicted octanol–water partition coefficient (Wildman–Crippen LogP) is -0.266. The highest BCUT2D eigenvalue weighted by molar-refractivity contribution is 4.93. The van der Waals surface area contributed by atoms with E-state index in [0.717, 1.165) is 5.41 Å². The molecular formula is C6H12N+. The van der Waals surface area contributed by atoms with Gasteiger partial charge in [0.15, 0.2) is 0 Å². The van der Waals surface area contributed by atoms with Crippen molar-refractivity contribution in [2.75, 3.05) is 13.1 Å². The standard InChI is InChI=1S/C6H11N/c1-2-6(1)3-4-7-5-6/h7H,1-5H2/p+1. The highest BCUT2D eigenvalue weighted by Crippen LogP contribution is 2.48. The first-order valence-electron chi connectivity index (χ1n) is 3.23. The molecule has 2 aliphatic rings. The molecule has 0 amide bonds. The van der Waals surface area contributed by atoms with Gasteiger partial charge in [0.2, 0.25) is 0 Å². The van der Waals surface area contributed by atoms with Crippen LogP contribution in [-0.4, -0.2) is 13.1 Å². The normalized spacial score (nSPS) is 34.3. The third-order valence-corrected chi connectivity index (χ3v) is 2.41. The van der Waals surface area contributed by atoms with E-state index < -0.39 is 0 Å². The summed E-state index contributed by atoms with van der Waals surface area (Å²) < 4.78 is 0. The van der Waals surface area contributed by atoms with Crippen LogP contribution in [0.25, 0.3) is 0 Å². The Kier molecular flexibility index (Phi) is 0.571. The van der Waals surface area contributed by atoms with Crippen molar-refractivity contribution in [3.05, 3.63) is 0 Å². The fraction of sp³-hybridized carbons (Fsp3) is 1.00. The van der Waals surface area contributed by atoms with Crippen LogP contribution in [0.3, 0.4) is 0 Å². The van der Waals surface area contributed by atoms with Crippen LogP contribution in [-0.2, 0) is 0 Å². The molecule has 1 spiro atoms. The van der Waals surface area contributed by atoms with Gasteiger partial charge in [-0.25, -0.2) is 0 Å². The summed E-state index contributed by atoms with van der Waals surface area (Å²) in [7, 11) is 0. The molecule has 1 aliphatic carbocycles. The lowest BCUT2D eigenvalue weighted by atomic mass is 10.1. The Morgan fingerprint density at radius 2 is 2.00 bits per heavy atom. The fourth-order valence-corrected chi connectivity index (χ4v) is 1.55. The number of hydrogen-bond acceptors (Lipinski definition) is 0. The zero-order chi connectivity index (χ0) is 4.74. The number of quaternary nitrogens is 1. The van der Waals surface area contributed by atoms with Crippen molar-refractivity contribution in [2.24, 2.45) is 5.41 Å². The zero-order valence-corrected chi connectivity index (χ0v) is 4.61. The van der Waals surface area contributed by atoms with Crippen LogP contribution in [0.1, 0.15) is 19.3 Å². The summed E-state index contributed by atoms with van der Waals surface area (Å²) in [6.07, 6.45) is 4.57. The van der Waals surface area contributed by atoms with Gasteiger partial charge in [-0.3, -0.25) is 0 Å². The van der Waals surface area contributed by atoms with E-state index in [2.05, 4.69) is 5.32 Å². The highest BCUT2D eigenvalue weighted by Gasteiger charge is 2.47. The Morgan fingerprint density at radius 1 is 1.14 bits per heavy atom. The lowest BCUT2D eigenvalue weighted by Crippen LogP contribution is -2.81. The van der Waals surface area contributed by atoms with Crippen molar-refractivity contribution in [3.8, 4) is 0 Å². The molecule has 1 heterocycles. The minimum atomic E-state index is 0.889. The van der Waals surface area contributed by atoms with Gasteiger partial charge >= 0.3 is 0 Å². The van der Waals surface area contributed by atoms with Crippen LogP contribution in [0.2, 0.25) is 0 Å². The van der Waals surface area contributed by atoms with Gasteiger partial charge in [0.1, 0.15) is 0 Å². The van der Waals surface area contributed by atoms with Gasteiger partial charge < -0.3 is 5.32 Å². The van der Waals surface area contributed by atoms with Crippen LogP contribution < -0.4 is 5.32 Å². The molecule has 1 nitrogen and oxygen atoms in total. The Morgan fingerprint density at radius 3 is 2.29 bits per heavy atom. The van der Waals surface area contributed by atoms with Crippen molar-refractivity contribution in [2.45, 2.75) is 19.3 Å². The first kappa shape index (κ1) is 3.90. The smallest absolute Gasteiger partial charge is 0.0814 e. The summed E-state index contributed by atoms with van der Waals surface area (Å²) in [4.78, 5) is 0. The summed E-state index contributed by atoms with van der Waals surface area (Å²) in [5, 5.41) is 2.45. The van der Waals surface area contributed by atoms with Crippen molar-refractivity contribution in [1.82, 2.24) is 0 Å². The molecule has 1 saturated carbocycles. The van der Waals surface area contributed by atoms with Crippen molar-refractivity contribution < 1.29 is 5.32 Å². The molecule has 1 aliphatic heterocycles. The van der Waals surface area contributed by atoms with E-state index in [0.29, 0.717) is 0 Å². The molecule has 1 heteroatoms. The monoisotopic (exact) mass is 98.1 g/mol. The molecule has 0 atom stereocenters. The maximum Gasteiger partial charge on any atom is 0.0814 e. The number of rotatable bonds is 0. The maximum absolute atomic E-state index is 2.45. The Hall–Kier alpha value is -0.0400. The minimum absolute atomic E-state index is 0.889. The van der Waals surface area contributed by atoms with Gasteiger partial charge in [-0.2, -0.15) is 0 Å². The zero-order valence-electron chi connectivity index (χ0n) is 4.61. The Labute approximate surface area is 44.1 Å². The highest BCUT2D eigenvalue weighted by atomic mass is 14.9. The average Bonchev–Trinajstić information content (AvgIpc) is 2.15. The second-order valence-electron chi connectivity index (χ2n) is 3.03. The van der Waals surface area contributed by atoms with Gasteiger partial charge in [0.05, 0.1) is 13.1 Å². The van der Waals surface area contributed by atoms with E-state index in [-0.39, 0.29) is 0 Å². The largest absolute Gasteiger partial charge is 0.346 e. The van der Waals surface area contributed by atoms with E-state index in [1.165, 1.54) is 32.4 Å². The van der Waals surface area contributed by atoms with Crippen LogP contribution in [0, 0.1) is 5.41 Å². The first-order valence-corrected chi connectivity index (χ1v) is 3.23. The summed E-state index contributed by atoms with van der Waals surface area (Å²) in [5.74, 6) is 0. The van der Waals surface area contributed by atoms with Crippen LogP contribution >= 0.6 is 0 Å².